The number of ether oxygens (including phenoxy) is 1. The Morgan fingerprint density at radius 3 is 1.86 bits per heavy atom. The van der Waals surface area contributed by atoms with Crippen LogP contribution in [-0.4, -0.2) is 13.1 Å². The standard InChI is InChI=1S/C26H22O2/c1-28-25(27)23-19-26(21-13-7-3-8-14-21,22-15-9-4-10-16-22)24(23)18-17-20-11-5-2-6-12-20/h2-16,23-24H,19H2,1H3. The van der Waals surface area contributed by atoms with Crippen LogP contribution in [0.15, 0.2) is 91.0 Å². The first kappa shape index (κ1) is 18.1. The van der Waals surface area contributed by atoms with Crippen molar-refractivity contribution in [1.82, 2.24) is 0 Å². The lowest BCUT2D eigenvalue weighted by molar-refractivity contribution is -0.153. The van der Waals surface area contributed by atoms with Gasteiger partial charge in [0.05, 0.1) is 13.0 Å². The van der Waals surface area contributed by atoms with Crippen molar-refractivity contribution in [2.45, 2.75) is 11.8 Å². The van der Waals surface area contributed by atoms with Crippen molar-refractivity contribution < 1.29 is 9.53 Å². The van der Waals surface area contributed by atoms with Crippen LogP contribution in [-0.2, 0) is 14.9 Å². The van der Waals surface area contributed by atoms with E-state index in [1.165, 1.54) is 18.2 Å². The Morgan fingerprint density at radius 1 is 0.857 bits per heavy atom. The zero-order valence-corrected chi connectivity index (χ0v) is 15.8. The molecule has 3 aromatic carbocycles. The van der Waals surface area contributed by atoms with Crippen molar-refractivity contribution in [2.75, 3.05) is 7.11 Å². The molecule has 2 heteroatoms. The summed E-state index contributed by atoms with van der Waals surface area (Å²) in [6, 6.07) is 30.7. The van der Waals surface area contributed by atoms with Gasteiger partial charge in [-0.25, -0.2) is 0 Å². The molecule has 1 aliphatic carbocycles. The van der Waals surface area contributed by atoms with Gasteiger partial charge in [0.2, 0.25) is 0 Å². The molecule has 0 saturated heterocycles. The lowest BCUT2D eigenvalue weighted by Gasteiger charge is -2.52. The number of hydrogen-bond acceptors (Lipinski definition) is 2. The first-order chi connectivity index (χ1) is 13.8. The van der Waals surface area contributed by atoms with Gasteiger partial charge in [0.1, 0.15) is 0 Å². The number of carbonyl (C=O) groups excluding carboxylic acids is 1. The average molecular weight is 366 g/mol. The summed E-state index contributed by atoms with van der Waals surface area (Å²) in [6.45, 7) is 0. The van der Waals surface area contributed by atoms with Gasteiger partial charge in [-0.2, -0.15) is 0 Å². The van der Waals surface area contributed by atoms with E-state index in [9.17, 15) is 4.79 Å². The lowest BCUT2D eigenvalue weighted by atomic mass is 9.48. The number of methoxy groups -OCH3 is 1. The van der Waals surface area contributed by atoms with Crippen LogP contribution in [0.3, 0.4) is 0 Å². The Bertz CT molecular complexity index is 958. The number of benzene rings is 3. The van der Waals surface area contributed by atoms with Crippen molar-refractivity contribution in [2.24, 2.45) is 11.8 Å². The highest BCUT2D eigenvalue weighted by Crippen LogP contribution is 2.57. The summed E-state index contributed by atoms with van der Waals surface area (Å²) in [5.74, 6) is 6.16. The molecular weight excluding hydrogens is 344 g/mol. The van der Waals surface area contributed by atoms with Crippen LogP contribution in [0.4, 0.5) is 0 Å². The first-order valence-corrected chi connectivity index (χ1v) is 9.51. The van der Waals surface area contributed by atoms with Crippen LogP contribution in [0.5, 0.6) is 0 Å². The smallest absolute Gasteiger partial charge is 0.310 e. The van der Waals surface area contributed by atoms with Gasteiger partial charge in [0.25, 0.3) is 0 Å². The highest BCUT2D eigenvalue weighted by Gasteiger charge is 2.58. The number of hydrogen-bond donors (Lipinski definition) is 0. The topological polar surface area (TPSA) is 26.3 Å². The fourth-order valence-corrected chi connectivity index (χ4v) is 4.28. The van der Waals surface area contributed by atoms with Crippen molar-refractivity contribution in [3.05, 3.63) is 108 Å². The normalized spacial score (nSPS) is 19.6. The van der Waals surface area contributed by atoms with E-state index in [1.54, 1.807) is 0 Å². The predicted octanol–water partition coefficient (Wildman–Crippen LogP) is 4.83. The Hall–Kier alpha value is -3.31. The second-order valence-electron chi connectivity index (χ2n) is 7.15. The summed E-state index contributed by atoms with van der Waals surface area (Å²) in [4.78, 5) is 12.5. The van der Waals surface area contributed by atoms with Gasteiger partial charge in [0, 0.05) is 16.9 Å². The molecule has 138 valence electrons. The van der Waals surface area contributed by atoms with Crippen molar-refractivity contribution in [3.63, 3.8) is 0 Å². The molecule has 0 heterocycles. The fourth-order valence-electron chi connectivity index (χ4n) is 4.28. The zero-order valence-electron chi connectivity index (χ0n) is 15.8. The Balaban J connectivity index is 1.85. The Morgan fingerprint density at radius 2 is 1.36 bits per heavy atom. The molecule has 0 bridgehead atoms. The number of rotatable bonds is 3. The van der Waals surface area contributed by atoms with Gasteiger partial charge in [-0.3, -0.25) is 4.79 Å². The van der Waals surface area contributed by atoms with Crippen molar-refractivity contribution in [1.29, 1.82) is 0 Å². The van der Waals surface area contributed by atoms with Gasteiger partial charge in [-0.05, 0) is 29.7 Å². The molecule has 1 fully saturated rings. The van der Waals surface area contributed by atoms with Crippen LogP contribution < -0.4 is 0 Å². The molecule has 0 spiro atoms. The second-order valence-corrected chi connectivity index (χ2v) is 7.15. The van der Waals surface area contributed by atoms with Gasteiger partial charge >= 0.3 is 5.97 Å². The summed E-state index contributed by atoms with van der Waals surface area (Å²) in [5, 5.41) is 0. The molecule has 1 saturated carbocycles. The molecule has 3 aromatic rings. The molecule has 0 radical (unpaired) electrons. The second kappa shape index (κ2) is 7.74. The molecule has 0 aromatic heterocycles. The fraction of sp³-hybridized carbons (Fsp3) is 0.192. The van der Waals surface area contributed by atoms with E-state index in [4.69, 9.17) is 4.74 Å². The summed E-state index contributed by atoms with van der Waals surface area (Å²) >= 11 is 0. The van der Waals surface area contributed by atoms with E-state index in [0.717, 1.165) is 5.56 Å². The van der Waals surface area contributed by atoms with Gasteiger partial charge < -0.3 is 4.74 Å². The third-order valence-corrected chi connectivity index (χ3v) is 5.70. The third kappa shape index (κ3) is 3.10. The molecule has 2 unspecified atom stereocenters. The molecule has 2 nitrogen and oxygen atoms in total. The molecular formula is C26H22O2. The van der Waals surface area contributed by atoms with Gasteiger partial charge in [0.15, 0.2) is 0 Å². The van der Waals surface area contributed by atoms with Crippen molar-refractivity contribution >= 4 is 5.97 Å². The van der Waals surface area contributed by atoms with Crippen LogP contribution in [0.1, 0.15) is 23.1 Å². The minimum atomic E-state index is -0.316. The monoisotopic (exact) mass is 366 g/mol. The average Bonchev–Trinajstić information content (AvgIpc) is 2.75. The van der Waals surface area contributed by atoms with Gasteiger partial charge in [-0.1, -0.05) is 90.7 Å². The summed E-state index contributed by atoms with van der Waals surface area (Å²) < 4.78 is 5.09. The van der Waals surface area contributed by atoms with E-state index < -0.39 is 0 Å². The minimum absolute atomic E-state index is 0.148. The van der Waals surface area contributed by atoms with Crippen LogP contribution in [0.2, 0.25) is 0 Å². The van der Waals surface area contributed by atoms with Gasteiger partial charge in [-0.15, -0.1) is 0 Å². The predicted molar refractivity (Wildman–Crippen MR) is 111 cm³/mol. The molecule has 2 atom stereocenters. The molecule has 0 amide bonds. The highest BCUT2D eigenvalue weighted by molar-refractivity contribution is 5.77. The van der Waals surface area contributed by atoms with E-state index >= 15 is 0 Å². The van der Waals surface area contributed by atoms with E-state index in [2.05, 4.69) is 36.1 Å². The van der Waals surface area contributed by atoms with E-state index in [-0.39, 0.29) is 23.2 Å². The maximum absolute atomic E-state index is 12.5. The number of esters is 1. The largest absolute Gasteiger partial charge is 0.469 e. The molecule has 0 N–H and O–H groups in total. The van der Waals surface area contributed by atoms with Crippen LogP contribution in [0.25, 0.3) is 0 Å². The first-order valence-electron chi connectivity index (χ1n) is 9.51. The highest BCUT2D eigenvalue weighted by atomic mass is 16.5. The summed E-state index contributed by atoms with van der Waals surface area (Å²) in [6.07, 6.45) is 0.696. The van der Waals surface area contributed by atoms with E-state index in [0.29, 0.717) is 6.42 Å². The van der Waals surface area contributed by atoms with E-state index in [1.807, 2.05) is 66.7 Å². The number of carbonyl (C=O) groups is 1. The zero-order chi connectivity index (χ0) is 19.4. The Labute approximate surface area is 166 Å². The Kier molecular flexibility index (Phi) is 5.00. The minimum Gasteiger partial charge on any atom is -0.469 e. The molecule has 1 aliphatic rings. The quantitative estimate of drug-likeness (QED) is 0.490. The lowest BCUT2D eigenvalue weighted by Crippen LogP contribution is -2.54. The molecule has 0 aliphatic heterocycles. The molecule has 4 rings (SSSR count). The van der Waals surface area contributed by atoms with Crippen LogP contribution >= 0.6 is 0 Å². The third-order valence-electron chi connectivity index (χ3n) is 5.70. The maximum atomic E-state index is 12.5. The van der Waals surface area contributed by atoms with Crippen molar-refractivity contribution in [3.8, 4) is 11.8 Å². The SMILES string of the molecule is COC(=O)C1CC(c2ccccc2)(c2ccccc2)C1C#Cc1ccccc1. The van der Waals surface area contributed by atoms with Crippen LogP contribution in [0, 0.1) is 23.7 Å². The maximum Gasteiger partial charge on any atom is 0.310 e. The summed E-state index contributed by atoms with van der Waals surface area (Å²) in [5.41, 5.74) is 3.01. The molecule has 28 heavy (non-hydrogen) atoms. The summed E-state index contributed by atoms with van der Waals surface area (Å²) in [7, 11) is 1.45.